The lowest BCUT2D eigenvalue weighted by Crippen LogP contribution is -2.24. The van der Waals surface area contributed by atoms with Crippen LogP contribution in [0.3, 0.4) is 0 Å². The van der Waals surface area contributed by atoms with Crippen molar-refractivity contribution < 1.29 is 18.7 Å². The molecule has 2 aromatic heterocycles. The number of halogens is 4. The predicted octanol–water partition coefficient (Wildman–Crippen LogP) is 6.02. The highest BCUT2D eigenvalue weighted by Gasteiger charge is 2.14. The predicted molar refractivity (Wildman–Crippen MR) is 149 cm³/mol. The van der Waals surface area contributed by atoms with Gasteiger partial charge in [-0.15, -0.1) is 0 Å². The molecular weight excluding hydrogens is 626 g/mol. The van der Waals surface area contributed by atoms with E-state index in [1.54, 1.807) is 36.5 Å². The molecule has 0 saturated carbocycles. The summed E-state index contributed by atoms with van der Waals surface area (Å²) in [6.45, 7) is 3.52. The lowest BCUT2D eigenvalue weighted by atomic mass is 10.1. The average Bonchev–Trinajstić information content (AvgIpc) is 2.92. The van der Waals surface area contributed by atoms with Gasteiger partial charge < -0.3 is 14.2 Å². The summed E-state index contributed by atoms with van der Waals surface area (Å²) in [4.78, 5) is 35.0. The molecular formula is C28H24Br2F2N2O4. The van der Waals surface area contributed by atoms with Gasteiger partial charge in [-0.1, -0.05) is 24.3 Å². The molecule has 4 rings (SSSR count). The molecule has 0 aliphatic rings. The van der Waals surface area contributed by atoms with Gasteiger partial charge in [0, 0.05) is 18.0 Å². The van der Waals surface area contributed by atoms with Crippen molar-refractivity contribution in [3.8, 4) is 0 Å². The number of nitrogens with zero attached hydrogens (tertiary/aromatic N) is 2. The fraction of sp³-hybridized carbons (Fsp3) is 0.179. The maximum Gasteiger partial charge on any atom is 0.265 e. The lowest BCUT2D eigenvalue weighted by Gasteiger charge is -2.17. The Bertz CT molecular complexity index is 1530. The smallest absolute Gasteiger partial charge is 0.265 e. The van der Waals surface area contributed by atoms with Crippen LogP contribution in [0.4, 0.5) is 8.78 Å². The van der Waals surface area contributed by atoms with Crippen molar-refractivity contribution in [3.63, 3.8) is 0 Å². The summed E-state index contributed by atoms with van der Waals surface area (Å²) in [5, 5.41) is 9.18. The molecule has 0 fully saturated rings. The summed E-state index contributed by atoms with van der Waals surface area (Å²) in [6, 6.07) is 14.5. The van der Waals surface area contributed by atoms with Crippen LogP contribution in [0.2, 0.25) is 0 Å². The number of aromatic nitrogens is 2. The van der Waals surface area contributed by atoms with Crippen molar-refractivity contribution >= 4 is 38.1 Å². The number of hydrogen-bond acceptors (Lipinski definition) is 4. The van der Waals surface area contributed by atoms with E-state index in [-0.39, 0.29) is 41.4 Å². The fourth-order valence-electron chi connectivity index (χ4n) is 3.74. The Labute approximate surface area is 234 Å². The highest BCUT2D eigenvalue weighted by molar-refractivity contribution is 9.10. The second-order valence-electron chi connectivity index (χ2n) is 8.47. The zero-order valence-electron chi connectivity index (χ0n) is 20.4. The second-order valence-corrected chi connectivity index (χ2v) is 10.2. The largest absolute Gasteiger partial charge is 0.392 e. The van der Waals surface area contributed by atoms with Gasteiger partial charge in [0.15, 0.2) is 6.29 Å². The van der Waals surface area contributed by atoms with Crippen LogP contribution in [0.1, 0.15) is 53.0 Å². The Hall–Kier alpha value is -3.21. The summed E-state index contributed by atoms with van der Waals surface area (Å²) in [5.74, 6) is -0.639. The fourth-order valence-corrected chi connectivity index (χ4v) is 4.71. The minimum absolute atomic E-state index is 0.144. The third-order valence-corrected chi connectivity index (χ3v) is 7.07. The third-order valence-electron chi connectivity index (χ3n) is 5.93. The number of benzene rings is 2. The molecule has 2 atom stereocenters. The number of aldehydes is 1. The van der Waals surface area contributed by atoms with Crippen LogP contribution in [-0.2, 0) is 6.61 Å². The van der Waals surface area contributed by atoms with Gasteiger partial charge in [0.25, 0.3) is 11.1 Å². The van der Waals surface area contributed by atoms with Gasteiger partial charge in [-0.2, -0.15) is 0 Å². The first-order valence-electron chi connectivity index (χ1n) is 11.4. The number of aliphatic hydroxyl groups is 1. The van der Waals surface area contributed by atoms with E-state index >= 15 is 0 Å². The molecule has 0 amide bonds. The summed E-state index contributed by atoms with van der Waals surface area (Å²) in [5.41, 5.74) is 2.24. The molecule has 0 unspecified atom stereocenters. The third kappa shape index (κ3) is 7.00. The molecule has 2 heterocycles. The van der Waals surface area contributed by atoms with E-state index in [2.05, 4.69) is 31.9 Å². The van der Waals surface area contributed by atoms with Gasteiger partial charge in [-0.25, -0.2) is 8.78 Å². The van der Waals surface area contributed by atoms with E-state index in [1.807, 2.05) is 13.8 Å². The van der Waals surface area contributed by atoms with Crippen LogP contribution < -0.4 is 11.1 Å². The summed E-state index contributed by atoms with van der Waals surface area (Å²) >= 11 is 6.32. The lowest BCUT2D eigenvalue weighted by molar-refractivity contribution is 0.112. The zero-order valence-corrected chi connectivity index (χ0v) is 23.6. The van der Waals surface area contributed by atoms with Crippen molar-refractivity contribution in [1.82, 2.24) is 9.13 Å². The van der Waals surface area contributed by atoms with Crippen LogP contribution in [0.25, 0.3) is 0 Å². The SMILES string of the molecule is C[C@@H](c1ccc(F)cc1)n1cc(C=O)cc(Br)c1=O.C[C@@H](c1ccc(F)cc1)n1cc(CO)cc(Br)c1=O. The zero-order chi connectivity index (χ0) is 28.0. The van der Waals surface area contributed by atoms with E-state index in [9.17, 15) is 28.3 Å². The molecule has 0 radical (unpaired) electrons. The average molecular weight is 650 g/mol. The quantitative estimate of drug-likeness (QED) is 0.259. The standard InChI is InChI=1S/C14H13BrFNO2.C14H11BrFNO2/c2*1-9(11-2-4-12(16)5-3-11)17-7-10(8-18)6-13(15)14(17)19/h2-7,9,18H,8H2,1H3;2-9H,1H3/t2*9-/m00/s1. The molecule has 2 aromatic carbocycles. The highest BCUT2D eigenvalue weighted by Crippen LogP contribution is 2.20. The molecule has 10 heteroatoms. The molecule has 0 aliphatic carbocycles. The van der Waals surface area contributed by atoms with Crippen molar-refractivity contribution in [1.29, 1.82) is 0 Å². The van der Waals surface area contributed by atoms with Crippen LogP contribution in [0.15, 0.2) is 91.6 Å². The molecule has 4 aromatic rings. The van der Waals surface area contributed by atoms with Gasteiger partial charge in [0.05, 0.1) is 27.6 Å². The number of hydrogen-bond donors (Lipinski definition) is 1. The summed E-state index contributed by atoms with van der Waals surface area (Å²) in [7, 11) is 0. The first-order chi connectivity index (χ1) is 18.0. The molecule has 0 bridgehead atoms. The maximum atomic E-state index is 12.9. The van der Waals surface area contributed by atoms with Crippen molar-refractivity contribution in [2.45, 2.75) is 32.5 Å². The normalized spacial score (nSPS) is 12.3. The minimum atomic E-state index is -0.328. The highest BCUT2D eigenvalue weighted by atomic mass is 79.9. The Morgan fingerprint density at radius 1 is 0.789 bits per heavy atom. The number of aliphatic hydroxyl groups excluding tert-OH is 1. The topological polar surface area (TPSA) is 81.3 Å². The Morgan fingerprint density at radius 3 is 1.63 bits per heavy atom. The number of carbonyl (C=O) groups is 1. The summed E-state index contributed by atoms with van der Waals surface area (Å²) in [6.07, 6.45) is 3.79. The Morgan fingerprint density at radius 2 is 1.21 bits per heavy atom. The number of rotatable bonds is 6. The van der Waals surface area contributed by atoms with Crippen molar-refractivity contribution in [3.05, 3.63) is 137 Å². The monoisotopic (exact) mass is 648 g/mol. The van der Waals surface area contributed by atoms with Gasteiger partial charge in [-0.3, -0.25) is 14.4 Å². The van der Waals surface area contributed by atoms with Crippen molar-refractivity contribution in [2.75, 3.05) is 0 Å². The minimum Gasteiger partial charge on any atom is -0.392 e. The van der Waals surface area contributed by atoms with E-state index in [1.165, 1.54) is 45.7 Å². The molecule has 6 nitrogen and oxygen atoms in total. The molecule has 1 N–H and O–H groups in total. The van der Waals surface area contributed by atoms with Gasteiger partial charge in [0.1, 0.15) is 11.6 Å². The van der Waals surface area contributed by atoms with Gasteiger partial charge in [-0.05, 0) is 98.8 Å². The van der Waals surface area contributed by atoms with E-state index in [0.717, 1.165) is 11.1 Å². The molecule has 0 aliphatic heterocycles. The molecule has 38 heavy (non-hydrogen) atoms. The maximum absolute atomic E-state index is 12.9. The van der Waals surface area contributed by atoms with Gasteiger partial charge in [0.2, 0.25) is 0 Å². The van der Waals surface area contributed by atoms with Crippen LogP contribution in [-0.4, -0.2) is 20.5 Å². The first kappa shape index (κ1) is 29.3. The van der Waals surface area contributed by atoms with Gasteiger partial charge >= 0.3 is 0 Å². The van der Waals surface area contributed by atoms with Crippen LogP contribution in [0.5, 0.6) is 0 Å². The van der Waals surface area contributed by atoms with E-state index in [4.69, 9.17) is 0 Å². The second kappa shape index (κ2) is 13.0. The number of pyridine rings is 2. The Balaban J connectivity index is 0.000000211. The number of carbonyl (C=O) groups excluding carboxylic acids is 1. The van der Waals surface area contributed by atoms with Crippen LogP contribution in [0, 0.1) is 11.6 Å². The summed E-state index contributed by atoms with van der Waals surface area (Å²) < 4.78 is 29.5. The van der Waals surface area contributed by atoms with E-state index < -0.39 is 0 Å². The first-order valence-corrected chi connectivity index (χ1v) is 13.0. The molecule has 198 valence electrons. The van der Waals surface area contributed by atoms with Crippen LogP contribution >= 0.6 is 31.9 Å². The van der Waals surface area contributed by atoms with E-state index in [0.29, 0.717) is 26.4 Å². The Kier molecular flexibility index (Phi) is 10.1. The molecule has 0 spiro atoms. The van der Waals surface area contributed by atoms with Crippen molar-refractivity contribution in [2.24, 2.45) is 0 Å². The molecule has 0 saturated heterocycles.